The van der Waals surface area contributed by atoms with E-state index in [0.717, 1.165) is 5.56 Å². The minimum atomic E-state index is -0.364. The van der Waals surface area contributed by atoms with Crippen molar-refractivity contribution >= 4 is 5.97 Å². The summed E-state index contributed by atoms with van der Waals surface area (Å²) >= 11 is 0. The molecule has 0 amide bonds. The number of hydrogen-bond acceptors (Lipinski definition) is 4. The summed E-state index contributed by atoms with van der Waals surface area (Å²) < 4.78 is 10.6. The van der Waals surface area contributed by atoms with Crippen molar-refractivity contribution in [3.63, 3.8) is 0 Å². The van der Waals surface area contributed by atoms with Gasteiger partial charge in [-0.25, -0.2) is 4.79 Å². The summed E-state index contributed by atoms with van der Waals surface area (Å²) in [5.41, 5.74) is 1.94. The van der Waals surface area contributed by atoms with Crippen molar-refractivity contribution in [3.8, 4) is 17.6 Å². The lowest BCUT2D eigenvalue weighted by Crippen LogP contribution is -2.04. The fourth-order valence-electron chi connectivity index (χ4n) is 1.82. The Morgan fingerprint density at radius 2 is 1.90 bits per heavy atom. The molecule has 21 heavy (non-hydrogen) atoms. The van der Waals surface area contributed by atoms with Gasteiger partial charge in [0.25, 0.3) is 0 Å². The molecule has 4 heteroatoms. The molecule has 0 fully saturated rings. The van der Waals surface area contributed by atoms with Crippen molar-refractivity contribution < 1.29 is 14.3 Å². The first kappa shape index (κ1) is 14.6. The summed E-state index contributed by atoms with van der Waals surface area (Å²) in [6, 6.07) is 14.1. The molecule has 4 nitrogen and oxygen atoms in total. The molecule has 0 spiro atoms. The van der Waals surface area contributed by atoms with Crippen LogP contribution in [0.25, 0.3) is 0 Å². The molecule has 2 rings (SSSR count). The third-order valence-electron chi connectivity index (χ3n) is 2.85. The average molecular weight is 281 g/mol. The molecule has 0 bridgehead atoms. The Morgan fingerprint density at radius 1 is 1.19 bits per heavy atom. The number of ether oxygens (including phenoxy) is 2. The predicted molar refractivity (Wildman–Crippen MR) is 78.4 cm³/mol. The molecule has 0 saturated carbocycles. The van der Waals surface area contributed by atoms with Gasteiger partial charge in [-0.3, -0.25) is 0 Å². The Balaban J connectivity index is 2.18. The quantitative estimate of drug-likeness (QED) is 0.799. The zero-order valence-electron chi connectivity index (χ0n) is 11.9. The van der Waals surface area contributed by atoms with Crippen LogP contribution in [0, 0.1) is 18.3 Å². The van der Waals surface area contributed by atoms with E-state index < -0.39 is 0 Å². The van der Waals surface area contributed by atoms with E-state index >= 15 is 0 Å². The molecular formula is C17H15NO3. The maximum absolute atomic E-state index is 11.5. The highest BCUT2D eigenvalue weighted by Gasteiger charge is 2.08. The molecule has 0 unspecified atom stereocenters. The predicted octanol–water partition coefficient (Wildman–Crippen LogP) is 3.84. The average Bonchev–Trinajstić information content (AvgIpc) is 2.50. The number of rotatable bonds is 4. The van der Waals surface area contributed by atoms with Crippen molar-refractivity contribution in [2.45, 2.75) is 13.8 Å². The van der Waals surface area contributed by atoms with E-state index in [-0.39, 0.29) is 5.97 Å². The van der Waals surface area contributed by atoms with Gasteiger partial charge in [0.2, 0.25) is 0 Å². The maximum Gasteiger partial charge on any atom is 0.338 e. The maximum atomic E-state index is 11.5. The number of hydrogen-bond donors (Lipinski definition) is 0. The van der Waals surface area contributed by atoms with Crippen LogP contribution in [0.1, 0.15) is 28.4 Å². The summed E-state index contributed by atoms with van der Waals surface area (Å²) in [5, 5.41) is 9.11. The molecule has 0 atom stereocenters. The third-order valence-corrected chi connectivity index (χ3v) is 2.85. The van der Waals surface area contributed by atoms with Gasteiger partial charge in [-0.05, 0) is 55.8 Å². The van der Waals surface area contributed by atoms with Gasteiger partial charge in [-0.2, -0.15) is 5.26 Å². The highest BCUT2D eigenvalue weighted by molar-refractivity contribution is 5.89. The first-order valence-electron chi connectivity index (χ1n) is 6.60. The Labute approximate surface area is 123 Å². The van der Waals surface area contributed by atoms with Gasteiger partial charge in [0.15, 0.2) is 0 Å². The van der Waals surface area contributed by atoms with Crippen molar-refractivity contribution in [1.29, 1.82) is 5.26 Å². The van der Waals surface area contributed by atoms with Crippen LogP contribution in [0.3, 0.4) is 0 Å². The minimum absolute atomic E-state index is 0.339. The topological polar surface area (TPSA) is 59.3 Å². The van der Waals surface area contributed by atoms with Crippen LogP contribution in [0.2, 0.25) is 0 Å². The van der Waals surface area contributed by atoms with E-state index in [0.29, 0.717) is 29.2 Å². The first-order valence-corrected chi connectivity index (χ1v) is 6.60. The van der Waals surface area contributed by atoms with Crippen LogP contribution in [0.5, 0.6) is 11.5 Å². The van der Waals surface area contributed by atoms with Gasteiger partial charge < -0.3 is 9.47 Å². The molecule has 0 aliphatic heterocycles. The van der Waals surface area contributed by atoms with E-state index in [2.05, 4.69) is 6.07 Å². The Hall–Kier alpha value is -2.80. The molecule has 0 heterocycles. The number of carbonyl (C=O) groups excluding carboxylic acids is 1. The van der Waals surface area contributed by atoms with Crippen LogP contribution >= 0.6 is 0 Å². The molecule has 0 saturated heterocycles. The summed E-state index contributed by atoms with van der Waals surface area (Å²) in [6.07, 6.45) is 0. The van der Waals surface area contributed by atoms with E-state index in [1.165, 1.54) is 0 Å². The molecule has 2 aromatic rings. The second kappa shape index (κ2) is 6.58. The van der Waals surface area contributed by atoms with Gasteiger partial charge in [0, 0.05) is 0 Å². The second-order valence-corrected chi connectivity index (χ2v) is 4.46. The highest BCUT2D eigenvalue weighted by Crippen LogP contribution is 2.26. The summed E-state index contributed by atoms with van der Waals surface area (Å²) in [5.74, 6) is 0.687. The molecule has 106 valence electrons. The molecule has 0 aliphatic carbocycles. The highest BCUT2D eigenvalue weighted by atomic mass is 16.5. The zero-order chi connectivity index (χ0) is 15.2. The van der Waals surface area contributed by atoms with Crippen molar-refractivity contribution in [3.05, 3.63) is 59.2 Å². The van der Waals surface area contributed by atoms with Crippen LogP contribution in [-0.2, 0) is 4.74 Å². The smallest absolute Gasteiger partial charge is 0.338 e. The summed E-state index contributed by atoms with van der Waals surface area (Å²) in [6.45, 7) is 4.01. The van der Waals surface area contributed by atoms with Crippen LogP contribution in [-0.4, -0.2) is 12.6 Å². The minimum Gasteiger partial charge on any atom is -0.462 e. The molecule has 0 aromatic heterocycles. The number of esters is 1. The second-order valence-electron chi connectivity index (χ2n) is 4.46. The lowest BCUT2D eigenvalue weighted by molar-refractivity contribution is 0.0526. The Kier molecular flexibility index (Phi) is 4.57. The monoisotopic (exact) mass is 281 g/mol. The van der Waals surface area contributed by atoms with Gasteiger partial charge >= 0.3 is 5.97 Å². The molecular weight excluding hydrogens is 266 g/mol. The molecule has 0 N–H and O–H groups in total. The zero-order valence-corrected chi connectivity index (χ0v) is 11.9. The van der Waals surface area contributed by atoms with Crippen LogP contribution in [0.4, 0.5) is 0 Å². The van der Waals surface area contributed by atoms with E-state index in [4.69, 9.17) is 14.7 Å². The van der Waals surface area contributed by atoms with Gasteiger partial charge in [-0.1, -0.05) is 6.07 Å². The SMILES string of the molecule is CCOC(=O)c1ccc(Oc2ccc(C)cc2C#N)cc1. The lowest BCUT2D eigenvalue weighted by atomic mass is 10.1. The Morgan fingerprint density at radius 3 is 2.52 bits per heavy atom. The van der Waals surface area contributed by atoms with Gasteiger partial charge in [0.05, 0.1) is 17.7 Å². The molecule has 0 radical (unpaired) electrons. The number of carbonyl (C=O) groups is 1. The van der Waals surface area contributed by atoms with Crippen molar-refractivity contribution in [2.75, 3.05) is 6.61 Å². The lowest BCUT2D eigenvalue weighted by Gasteiger charge is -2.08. The van der Waals surface area contributed by atoms with E-state index in [9.17, 15) is 4.79 Å². The van der Waals surface area contributed by atoms with Gasteiger partial charge in [0.1, 0.15) is 17.6 Å². The summed E-state index contributed by atoms with van der Waals surface area (Å²) in [4.78, 5) is 11.5. The van der Waals surface area contributed by atoms with Crippen LogP contribution < -0.4 is 4.74 Å². The molecule has 2 aromatic carbocycles. The fourth-order valence-corrected chi connectivity index (χ4v) is 1.82. The number of nitriles is 1. The fraction of sp³-hybridized carbons (Fsp3) is 0.176. The van der Waals surface area contributed by atoms with Crippen LogP contribution in [0.15, 0.2) is 42.5 Å². The summed E-state index contributed by atoms with van der Waals surface area (Å²) in [7, 11) is 0. The largest absolute Gasteiger partial charge is 0.462 e. The van der Waals surface area contributed by atoms with Gasteiger partial charge in [-0.15, -0.1) is 0 Å². The number of aryl methyl sites for hydroxylation is 1. The third kappa shape index (κ3) is 3.61. The number of benzene rings is 2. The Bertz CT molecular complexity index is 684. The standard InChI is InChI=1S/C17H15NO3/c1-3-20-17(19)13-5-7-15(8-6-13)21-16-9-4-12(2)10-14(16)11-18/h4-10H,3H2,1-2H3. The normalized spacial score (nSPS) is 9.76. The van der Waals surface area contributed by atoms with E-state index in [1.54, 1.807) is 43.3 Å². The van der Waals surface area contributed by atoms with E-state index in [1.807, 2.05) is 13.0 Å². The van der Waals surface area contributed by atoms with Crippen molar-refractivity contribution in [1.82, 2.24) is 0 Å². The number of nitrogens with zero attached hydrogens (tertiary/aromatic N) is 1. The first-order chi connectivity index (χ1) is 10.1. The molecule has 0 aliphatic rings. The van der Waals surface area contributed by atoms with Crippen molar-refractivity contribution in [2.24, 2.45) is 0 Å².